The number of hydrogen-bond acceptors (Lipinski definition) is 6. The van der Waals surface area contributed by atoms with Crippen LogP contribution in [0.25, 0.3) is 29.2 Å². The lowest BCUT2D eigenvalue weighted by molar-refractivity contribution is 0.0749. The van der Waals surface area contributed by atoms with Crippen LogP contribution >= 0.6 is 11.6 Å². The van der Waals surface area contributed by atoms with Gasteiger partial charge in [0.05, 0.1) is 11.4 Å². The van der Waals surface area contributed by atoms with Crippen LogP contribution in [0, 0.1) is 11.3 Å². The molecule has 0 aliphatic carbocycles. The topological polar surface area (TPSA) is 96.9 Å². The Bertz CT molecular complexity index is 1130. The van der Waals surface area contributed by atoms with E-state index in [2.05, 4.69) is 10.3 Å². The van der Waals surface area contributed by atoms with Crippen molar-refractivity contribution < 1.29 is 4.74 Å². The van der Waals surface area contributed by atoms with Crippen LogP contribution in [0.4, 0.5) is 0 Å². The molecule has 4 N–H and O–H groups in total. The zero-order chi connectivity index (χ0) is 19.7. The molecule has 2 aromatic rings. The maximum atomic E-state index is 8.39. The number of nitrogens with two attached hydrogens (primary N) is 1. The summed E-state index contributed by atoms with van der Waals surface area (Å²) in [5.41, 5.74) is 9.72. The lowest BCUT2D eigenvalue weighted by Gasteiger charge is -2.26. The van der Waals surface area contributed by atoms with Crippen LogP contribution in [0.2, 0.25) is 5.02 Å². The third-order valence-electron chi connectivity index (χ3n) is 5.05. The third-order valence-corrected chi connectivity index (χ3v) is 5.38. The standard InChI is InChI=1S/C21H22ClN5O/c1-12(23)19-21(24)26-18-10-17(13-6-8-28-9-7-13)25-11-15(18)20(27-19)14-4-2-3-5-16(14)22/h2-5,10-11,13,24-25H,6-9,23H2,1H3/b19-12+,24-21?. The van der Waals surface area contributed by atoms with Crippen LogP contribution in [0.3, 0.4) is 0 Å². The molecule has 0 bridgehead atoms. The molecule has 0 unspecified atom stereocenters. The maximum Gasteiger partial charge on any atom is 0.173 e. The number of rotatable bonds is 2. The van der Waals surface area contributed by atoms with Crippen molar-refractivity contribution in [1.29, 1.82) is 5.41 Å². The van der Waals surface area contributed by atoms with Gasteiger partial charge in [0.2, 0.25) is 0 Å². The maximum absolute atomic E-state index is 8.39. The van der Waals surface area contributed by atoms with E-state index in [-0.39, 0.29) is 5.49 Å². The van der Waals surface area contributed by atoms with Gasteiger partial charge in [0, 0.05) is 52.5 Å². The first-order valence-corrected chi connectivity index (χ1v) is 9.66. The van der Waals surface area contributed by atoms with Gasteiger partial charge in [-0.25, -0.2) is 9.97 Å². The van der Waals surface area contributed by atoms with Crippen molar-refractivity contribution in [3.63, 3.8) is 0 Å². The fourth-order valence-corrected chi connectivity index (χ4v) is 3.78. The van der Waals surface area contributed by atoms with Gasteiger partial charge in [0.25, 0.3) is 0 Å². The lowest BCUT2D eigenvalue weighted by Crippen LogP contribution is -2.32. The van der Waals surface area contributed by atoms with E-state index in [4.69, 9.17) is 32.5 Å². The first kappa shape index (κ1) is 18.7. The molecule has 0 spiro atoms. The number of aromatic nitrogens is 2. The van der Waals surface area contributed by atoms with Crippen molar-refractivity contribution in [3.8, 4) is 11.3 Å². The van der Waals surface area contributed by atoms with Crippen molar-refractivity contribution in [1.82, 2.24) is 15.3 Å². The van der Waals surface area contributed by atoms with Gasteiger partial charge >= 0.3 is 0 Å². The number of fused-ring (bicyclic) bond motifs is 1. The molecule has 1 saturated heterocycles. The highest BCUT2D eigenvalue weighted by molar-refractivity contribution is 6.33. The van der Waals surface area contributed by atoms with E-state index in [9.17, 15) is 0 Å². The molecule has 144 valence electrons. The summed E-state index contributed by atoms with van der Waals surface area (Å²) in [6.45, 7) is 3.24. The predicted molar refractivity (Wildman–Crippen MR) is 110 cm³/mol. The monoisotopic (exact) mass is 395 g/mol. The van der Waals surface area contributed by atoms with Gasteiger partial charge in [0.15, 0.2) is 5.49 Å². The predicted octanol–water partition coefficient (Wildman–Crippen LogP) is 1.47. The Morgan fingerprint density at radius 1 is 1.25 bits per heavy atom. The first-order valence-electron chi connectivity index (χ1n) is 9.29. The normalized spacial score (nSPS) is 17.7. The van der Waals surface area contributed by atoms with Crippen LogP contribution < -0.4 is 27.1 Å². The highest BCUT2D eigenvalue weighted by Gasteiger charge is 2.21. The van der Waals surface area contributed by atoms with Crippen molar-refractivity contribution in [2.24, 2.45) is 11.7 Å². The zero-order valence-electron chi connectivity index (χ0n) is 15.6. The molecule has 0 amide bonds. The van der Waals surface area contributed by atoms with Crippen molar-refractivity contribution in [3.05, 3.63) is 56.7 Å². The summed E-state index contributed by atoms with van der Waals surface area (Å²) in [4.78, 5) is 9.24. The summed E-state index contributed by atoms with van der Waals surface area (Å²) >= 11 is 6.46. The average Bonchev–Trinajstić information content (AvgIpc) is 2.84. The van der Waals surface area contributed by atoms with Gasteiger partial charge < -0.3 is 15.8 Å². The third kappa shape index (κ3) is 3.53. The SMILES string of the molecule is C/C(N)=c1\nc(-c2ccccc2Cl)c2c(nc1=N)C=C(C1CCOCC1)NC=2. The van der Waals surface area contributed by atoms with Gasteiger partial charge in [-0.05, 0) is 31.9 Å². The average molecular weight is 396 g/mol. The molecule has 3 heterocycles. The minimum atomic E-state index is 0.0485. The largest absolute Gasteiger partial charge is 0.400 e. The molecule has 1 aromatic carbocycles. The Morgan fingerprint density at radius 3 is 2.71 bits per heavy atom. The molecule has 0 radical (unpaired) electrons. The van der Waals surface area contributed by atoms with Crippen molar-refractivity contribution in [2.75, 3.05) is 13.2 Å². The summed E-state index contributed by atoms with van der Waals surface area (Å²) in [5, 5.41) is 13.6. The fraction of sp³-hybridized carbons (Fsp3) is 0.286. The van der Waals surface area contributed by atoms with E-state index in [1.54, 1.807) is 6.92 Å². The minimum absolute atomic E-state index is 0.0485. The Morgan fingerprint density at radius 2 is 2.00 bits per heavy atom. The van der Waals surface area contributed by atoms with Gasteiger partial charge in [-0.2, -0.15) is 0 Å². The van der Waals surface area contributed by atoms with Crippen LogP contribution in [-0.2, 0) is 4.74 Å². The second-order valence-electron chi connectivity index (χ2n) is 7.01. The first-order chi connectivity index (χ1) is 13.5. The van der Waals surface area contributed by atoms with Crippen LogP contribution in [0.5, 0.6) is 0 Å². The Balaban J connectivity index is 1.99. The molecule has 4 rings (SSSR count). The highest BCUT2D eigenvalue weighted by atomic mass is 35.5. The van der Waals surface area contributed by atoms with Gasteiger partial charge in [0.1, 0.15) is 5.35 Å². The molecule has 1 fully saturated rings. The summed E-state index contributed by atoms with van der Waals surface area (Å²) < 4.78 is 5.47. The van der Waals surface area contributed by atoms with E-state index in [1.807, 2.05) is 36.5 Å². The number of halogens is 1. The molecule has 0 saturated carbocycles. The molecule has 0 atom stereocenters. The van der Waals surface area contributed by atoms with E-state index in [0.29, 0.717) is 33.4 Å². The van der Waals surface area contributed by atoms with E-state index >= 15 is 0 Å². The molecule has 1 aromatic heterocycles. The second kappa shape index (κ2) is 7.73. The summed E-state index contributed by atoms with van der Waals surface area (Å²) in [5.74, 6) is 0.388. The summed E-state index contributed by atoms with van der Waals surface area (Å²) in [7, 11) is 0. The van der Waals surface area contributed by atoms with Crippen molar-refractivity contribution in [2.45, 2.75) is 19.8 Å². The number of nitrogens with zero attached hydrogens (tertiary/aromatic N) is 2. The van der Waals surface area contributed by atoms with E-state index < -0.39 is 0 Å². The molecule has 6 nitrogen and oxygen atoms in total. The fourth-order valence-electron chi connectivity index (χ4n) is 3.55. The van der Waals surface area contributed by atoms with Crippen LogP contribution in [0.1, 0.15) is 25.5 Å². The smallest absolute Gasteiger partial charge is 0.173 e. The number of nitrogens with one attached hydrogen (secondary N) is 2. The van der Waals surface area contributed by atoms with E-state index in [0.717, 1.165) is 42.5 Å². The Labute approximate surface area is 167 Å². The lowest BCUT2D eigenvalue weighted by atomic mass is 9.94. The minimum Gasteiger partial charge on any atom is -0.400 e. The van der Waals surface area contributed by atoms with Crippen LogP contribution in [0.15, 0.2) is 30.0 Å². The van der Waals surface area contributed by atoms with Crippen molar-refractivity contribution >= 4 is 29.6 Å². The van der Waals surface area contributed by atoms with Gasteiger partial charge in [-0.15, -0.1) is 0 Å². The molecular formula is C21H22ClN5O. The molecule has 2 aliphatic rings. The zero-order valence-corrected chi connectivity index (χ0v) is 16.4. The highest BCUT2D eigenvalue weighted by Crippen LogP contribution is 2.26. The van der Waals surface area contributed by atoms with Crippen LogP contribution in [-0.4, -0.2) is 23.2 Å². The number of ether oxygens (including phenoxy) is 1. The quantitative estimate of drug-likeness (QED) is 0.715. The summed E-state index contributed by atoms with van der Waals surface area (Å²) in [6.07, 6.45) is 5.85. The molecular weight excluding hydrogens is 374 g/mol. The van der Waals surface area contributed by atoms with E-state index in [1.165, 1.54) is 0 Å². The Kier molecular flexibility index (Phi) is 5.15. The second-order valence-corrected chi connectivity index (χ2v) is 7.41. The van der Waals surface area contributed by atoms with Gasteiger partial charge in [-0.3, -0.25) is 5.41 Å². The molecule has 28 heavy (non-hydrogen) atoms. The number of hydrogen-bond donors (Lipinski definition) is 3. The molecule has 2 aliphatic heterocycles. The Hall–Kier alpha value is -2.70. The summed E-state index contributed by atoms with van der Waals surface area (Å²) in [6, 6.07) is 7.53. The van der Waals surface area contributed by atoms with Gasteiger partial charge in [-0.1, -0.05) is 29.8 Å². The number of allylic oxidation sites excluding steroid dienone is 1. The number of benzene rings is 1. The molecule has 7 heteroatoms.